The average molecular weight is 172 g/mol. The molecule has 0 aromatic heterocycles. The van der Waals surface area contributed by atoms with E-state index in [0.717, 1.165) is 0 Å². The molecule has 0 spiro atoms. The molecule has 0 fully saturated rings. The number of nitrogens with zero attached hydrogens (tertiary/aromatic N) is 1. The highest BCUT2D eigenvalue weighted by Crippen LogP contribution is 1.86. The number of likely N-dealkylation sites (N-methyl/N-ethyl adjacent to an activating group) is 1. The van der Waals surface area contributed by atoms with Crippen LogP contribution in [0.1, 0.15) is 0 Å². The third-order valence-corrected chi connectivity index (χ3v) is 0.610. The zero-order valence-electron chi connectivity index (χ0n) is 6.37. The van der Waals surface area contributed by atoms with Crippen molar-refractivity contribution in [2.75, 3.05) is 27.7 Å². The van der Waals surface area contributed by atoms with Gasteiger partial charge >= 0.3 is 5.97 Å². The maximum absolute atomic E-state index is 10.00. The number of hydrogen-bond donors (Lipinski definition) is 1. The van der Waals surface area contributed by atoms with Gasteiger partial charge in [0.1, 0.15) is 0 Å². The molecule has 0 aliphatic heterocycles. The molecule has 0 bridgehead atoms. The molecule has 0 aromatic carbocycles. The van der Waals surface area contributed by atoms with Crippen LogP contribution in [-0.2, 0) is 4.79 Å². The standard InChI is InChI=1S/C5H11NO2.ClH.H2O/c1-6(2,3)4-5(7)8;;/h4H2,1-3H3;1H;1H2. The van der Waals surface area contributed by atoms with E-state index in [1.165, 1.54) is 0 Å². The maximum Gasteiger partial charge on any atom is 0.359 e. The van der Waals surface area contributed by atoms with Crippen LogP contribution in [0.3, 0.4) is 0 Å². The summed E-state index contributed by atoms with van der Waals surface area (Å²) in [7, 11) is 5.52. The lowest BCUT2D eigenvalue weighted by Gasteiger charge is -2.20. The van der Waals surface area contributed by atoms with Crippen molar-refractivity contribution >= 4 is 18.4 Å². The molecule has 0 aliphatic carbocycles. The molecule has 0 aliphatic rings. The summed E-state index contributed by atoms with van der Waals surface area (Å²) >= 11 is 0. The molecule has 0 atom stereocenters. The molecule has 2 N–H and O–H groups in total. The molecule has 0 radical (unpaired) electrons. The average Bonchev–Trinajstić information content (AvgIpc) is 1.21. The molecule has 0 rings (SSSR count). The van der Waals surface area contributed by atoms with E-state index in [1.807, 2.05) is 21.1 Å². The number of aliphatic carboxylic acids is 1. The number of carbonyl (C=O) groups is 1. The summed E-state index contributed by atoms with van der Waals surface area (Å²) in [6.07, 6.45) is 0. The lowest BCUT2D eigenvalue weighted by Crippen LogP contribution is -2.39. The van der Waals surface area contributed by atoms with Crippen LogP contribution in [-0.4, -0.2) is 48.7 Å². The third-order valence-electron chi connectivity index (χ3n) is 0.610. The molecule has 0 heterocycles. The summed E-state index contributed by atoms with van der Waals surface area (Å²) in [6, 6.07) is 0. The van der Waals surface area contributed by atoms with Gasteiger partial charge in [0, 0.05) is 0 Å². The maximum atomic E-state index is 10.00. The van der Waals surface area contributed by atoms with E-state index in [-0.39, 0.29) is 24.4 Å². The van der Waals surface area contributed by atoms with Gasteiger partial charge in [0.2, 0.25) is 0 Å². The first kappa shape index (κ1) is 16.3. The van der Waals surface area contributed by atoms with Gasteiger partial charge in [0.15, 0.2) is 6.54 Å². The summed E-state index contributed by atoms with van der Waals surface area (Å²) in [4.78, 5) is 10.00. The summed E-state index contributed by atoms with van der Waals surface area (Å²) in [5.74, 6) is -0.752. The van der Waals surface area contributed by atoms with Crippen molar-refractivity contribution in [1.29, 1.82) is 0 Å². The van der Waals surface area contributed by atoms with Crippen molar-refractivity contribution in [1.82, 2.24) is 0 Å². The smallest absolute Gasteiger partial charge is 0.359 e. The molecule has 64 valence electrons. The number of carboxylic acids is 1. The van der Waals surface area contributed by atoms with Crippen LogP contribution in [0.5, 0.6) is 0 Å². The monoisotopic (exact) mass is 171 g/mol. The fourth-order valence-electron chi connectivity index (χ4n) is 0.406. The normalized spacial score (nSPS) is 9.10. The molecule has 10 heavy (non-hydrogen) atoms. The molecule has 0 aromatic rings. The number of hydrogen-bond acceptors (Lipinski definition) is 2. The van der Waals surface area contributed by atoms with Gasteiger partial charge in [-0.3, -0.25) is 0 Å². The van der Waals surface area contributed by atoms with E-state index < -0.39 is 5.97 Å². The summed E-state index contributed by atoms with van der Waals surface area (Å²) in [5.41, 5.74) is 0. The number of quaternary nitrogens is 1. The molecule has 0 saturated heterocycles. The molecule has 0 amide bonds. The minimum absolute atomic E-state index is 0. The van der Waals surface area contributed by atoms with E-state index >= 15 is 0 Å². The zero-order valence-corrected chi connectivity index (χ0v) is 7.18. The Labute approximate surface area is 66.8 Å². The molecular weight excluding hydrogens is 158 g/mol. The Morgan fingerprint density at radius 1 is 1.40 bits per heavy atom. The van der Waals surface area contributed by atoms with Crippen molar-refractivity contribution in [2.45, 2.75) is 0 Å². The van der Waals surface area contributed by atoms with Gasteiger partial charge < -0.3 is 15.1 Å². The molecule has 4 nitrogen and oxygen atoms in total. The third kappa shape index (κ3) is 15.6. The summed E-state index contributed by atoms with van der Waals surface area (Å²) < 4.78 is 0.481. The Morgan fingerprint density at radius 2 is 1.70 bits per heavy atom. The number of halogens is 1. The first-order chi connectivity index (χ1) is 3.42. The van der Waals surface area contributed by atoms with Crippen LogP contribution in [0.2, 0.25) is 0 Å². The van der Waals surface area contributed by atoms with E-state index in [2.05, 4.69) is 0 Å². The first-order valence-electron chi connectivity index (χ1n) is 2.44. The minimum atomic E-state index is -0.752. The van der Waals surface area contributed by atoms with E-state index in [9.17, 15) is 4.79 Å². The lowest BCUT2D eigenvalue weighted by atomic mass is 10.5. The van der Waals surface area contributed by atoms with Gasteiger partial charge in [0.05, 0.1) is 21.1 Å². The quantitative estimate of drug-likeness (QED) is 0.596. The van der Waals surface area contributed by atoms with Crippen LogP contribution in [0.25, 0.3) is 0 Å². The van der Waals surface area contributed by atoms with Crippen molar-refractivity contribution in [3.05, 3.63) is 0 Å². The second-order valence-corrected chi connectivity index (χ2v) is 2.84. The molecule has 5 heteroatoms. The van der Waals surface area contributed by atoms with Crippen LogP contribution in [0.4, 0.5) is 0 Å². The number of carboxylic acid groups (broad SMARTS) is 1. The fraction of sp³-hybridized carbons (Fsp3) is 0.800. The molecular formula is C5H14ClNO3. The van der Waals surface area contributed by atoms with Crippen LogP contribution < -0.4 is 0 Å². The largest absolute Gasteiger partial charge is 0.870 e. The Bertz CT molecular complexity index is 99.6. The molecule has 0 saturated carbocycles. The topological polar surface area (TPSA) is 67.3 Å². The highest BCUT2D eigenvalue weighted by atomic mass is 35.5. The Hall–Kier alpha value is -0.320. The second-order valence-electron chi connectivity index (χ2n) is 2.84. The van der Waals surface area contributed by atoms with Gasteiger partial charge in [-0.05, 0) is 0 Å². The van der Waals surface area contributed by atoms with Gasteiger partial charge in [-0.1, -0.05) is 0 Å². The Morgan fingerprint density at radius 3 is 1.70 bits per heavy atom. The SMILES string of the molecule is C[N+](C)(C)CC(=O)O.Cl.[OH-]. The van der Waals surface area contributed by atoms with Gasteiger partial charge in [0.25, 0.3) is 0 Å². The highest BCUT2D eigenvalue weighted by Gasteiger charge is 2.11. The summed E-state index contributed by atoms with van der Waals surface area (Å²) in [5, 5.41) is 8.23. The van der Waals surface area contributed by atoms with Crippen molar-refractivity contribution in [3.63, 3.8) is 0 Å². The van der Waals surface area contributed by atoms with Crippen molar-refractivity contribution in [2.24, 2.45) is 0 Å². The van der Waals surface area contributed by atoms with Gasteiger partial charge in [-0.2, -0.15) is 0 Å². The predicted octanol–water partition coefficient (Wildman–Crippen LogP) is 0.0222. The van der Waals surface area contributed by atoms with Crippen molar-refractivity contribution in [3.8, 4) is 0 Å². The Balaban J connectivity index is -0.000000245. The second kappa shape index (κ2) is 5.46. The number of rotatable bonds is 2. The molecule has 0 unspecified atom stereocenters. The summed E-state index contributed by atoms with van der Waals surface area (Å²) in [6.45, 7) is 0.181. The van der Waals surface area contributed by atoms with Crippen LogP contribution in [0, 0.1) is 0 Å². The minimum Gasteiger partial charge on any atom is -0.870 e. The van der Waals surface area contributed by atoms with Crippen LogP contribution >= 0.6 is 12.4 Å². The highest BCUT2D eigenvalue weighted by molar-refractivity contribution is 5.85. The van der Waals surface area contributed by atoms with E-state index in [1.54, 1.807) is 0 Å². The fourth-order valence-corrected chi connectivity index (χ4v) is 0.406. The van der Waals surface area contributed by atoms with Gasteiger partial charge in [-0.15, -0.1) is 12.4 Å². The zero-order chi connectivity index (χ0) is 6.78. The van der Waals surface area contributed by atoms with Crippen molar-refractivity contribution < 1.29 is 19.9 Å². The van der Waals surface area contributed by atoms with Gasteiger partial charge in [-0.25, -0.2) is 4.79 Å². The Kier molecular flexibility index (Phi) is 8.93. The first-order valence-corrected chi connectivity index (χ1v) is 2.44. The van der Waals surface area contributed by atoms with E-state index in [0.29, 0.717) is 4.48 Å². The lowest BCUT2D eigenvalue weighted by molar-refractivity contribution is -0.862. The van der Waals surface area contributed by atoms with E-state index in [4.69, 9.17) is 5.11 Å². The van der Waals surface area contributed by atoms with Crippen LogP contribution in [0.15, 0.2) is 0 Å². The predicted molar refractivity (Wildman–Crippen MR) is 39.7 cm³/mol.